The molecule has 202 valence electrons. The Kier molecular flexibility index (Phi) is 9.08. The summed E-state index contributed by atoms with van der Waals surface area (Å²) >= 11 is 4.71. The first-order valence-corrected chi connectivity index (χ1v) is 14.0. The Morgan fingerprint density at radius 1 is 1.03 bits per heavy atom. The number of nitrogens with one attached hydrogen (secondary N) is 1. The number of hydrazone groups is 1. The van der Waals surface area contributed by atoms with Gasteiger partial charge in [-0.1, -0.05) is 72.7 Å². The zero-order valence-corrected chi connectivity index (χ0v) is 24.8. The van der Waals surface area contributed by atoms with E-state index in [0.717, 1.165) is 27.0 Å². The average Bonchev–Trinajstić information content (AvgIpc) is 3.35. The lowest BCUT2D eigenvalue weighted by molar-refractivity contribution is -0.118. The van der Waals surface area contributed by atoms with Crippen LogP contribution >= 0.6 is 27.7 Å². The molecule has 0 aliphatic carbocycles. The highest BCUT2D eigenvalue weighted by atomic mass is 79.9. The largest absolute Gasteiger partial charge is 0.497 e. The molecule has 0 spiro atoms. The highest BCUT2D eigenvalue weighted by Crippen LogP contribution is 2.31. The smallest absolute Gasteiger partial charge is 0.250 e. The summed E-state index contributed by atoms with van der Waals surface area (Å²) in [6.45, 7) is 6.54. The van der Waals surface area contributed by atoms with Crippen LogP contribution in [-0.2, 0) is 10.2 Å². The Hall–Kier alpha value is -3.63. The fourth-order valence-electron chi connectivity index (χ4n) is 3.78. The van der Waals surface area contributed by atoms with Crippen molar-refractivity contribution in [3.63, 3.8) is 0 Å². The van der Waals surface area contributed by atoms with Gasteiger partial charge in [-0.25, -0.2) is 5.43 Å². The van der Waals surface area contributed by atoms with E-state index in [1.165, 1.54) is 17.3 Å². The van der Waals surface area contributed by atoms with Gasteiger partial charge in [0.05, 0.1) is 26.2 Å². The van der Waals surface area contributed by atoms with Crippen LogP contribution in [0.4, 0.5) is 0 Å². The predicted molar refractivity (Wildman–Crippen MR) is 159 cm³/mol. The SMILES string of the molecule is COc1ccc(-n2c(SCC(=O)NN=Cc3cc(Br)ccc3OC)nnc2-c2ccc(C(C)(C)C)cc2)cc1. The number of aromatic nitrogens is 3. The minimum absolute atomic E-state index is 0.0428. The molecule has 4 rings (SSSR count). The fraction of sp³-hybridized carbons (Fsp3) is 0.241. The van der Waals surface area contributed by atoms with Crippen molar-refractivity contribution >= 4 is 39.8 Å². The van der Waals surface area contributed by atoms with Crippen LogP contribution in [0.1, 0.15) is 31.9 Å². The summed E-state index contributed by atoms with van der Waals surface area (Å²) < 4.78 is 13.5. The second-order valence-corrected chi connectivity index (χ2v) is 11.5. The van der Waals surface area contributed by atoms with Gasteiger partial charge < -0.3 is 9.47 Å². The van der Waals surface area contributed by atoms with E-state index in [9.17, 15) is 4.79 Å². The number of carbonyl (C=O) groups excluding carboxylic acids is 1. The zero-order chi connectivity index (χ0) is 28.0. The van der Waals surface area contributed by atoms with Crippen molar-refractivity contribution in [2.45, 2.75) is 31.3 Å². The molecule has 0 bridgehead atoms. The second kappa shape index (κ2) is 12.5. The molecule has 0 radical (unpaired) electrons. The summed E-state index contributed by atoms with van der Waals surface area (Å²) in [6.07, 6.45) is 1.55. The molecule has 1 heterocycles. The Labute approximate surface area is 241 Å². The third kappa shape index (κ3) is 7.07. The maximum Gasteiger partial charge on any atom is 0.250 e. The number of hydrogen-bond acceptors (Lipinski definition) is 7. The molecule has 0 saturated carbocycles. The number of rotatable bonds is 9. The zero-order valence-electron chi connectivity index (χ0n) is 22.4. The van der Waals surface area contributed by atoms with Gasteiger partial charge in [0.1, 0.15) is 11.5 Å². The molecule has 0 aliphatic rings. The number of benzene rings is 3. The standard InChI is InChI=1S/C29H30BrN5O3S/c1-29(2,3)21-8-6-19(7-9-21)27-33-34-28(35(27)23-11-13-24(37-4)14-12-23)39-18-26(36)32-31-17-20-16-22(30)10-15-25(20)38-5/h6-17H,18H2,1-5H3,(H,32,36). The van der Waals surface area contributed by atoms with Crippen LogP contribution < -0.4 is 14.9 Å². The number of hydrogen-bond donors (Lipinski definition) is 1. The van der Waals surface area contributed by atoms with Crippen molar-refractivity contribution < 1.29 is 14.3 Å². The molecule has 0 fully saturated rings. The highest BCUT2D eigenvalue weighted by molar-refractivity contribution is 9.10. The lowest BCUT2D eigenvalue weighted by Gasteiger charge is -2.19. The van der Waals surface area contributed by atoms with E-state index in [4.69, 9.17) is 9.47 Å². The lowest BCUT2D eigenvalue weighted by atomic mass is 9.87. The number of amides is 1. The first kappa shape index (κ1) is 28.4. The van der Waals surface area contributed by atoms with Gasteiger partial charge in [-0.2, -0.15) is 5.10 Å². The fourth-order valence-corrected chi connectivity index (χ4v) is 4.90. The van der Waals surface area contributed by atoms with Crippen LogP contribution in [0.15, 0.2) is 81.5 Å². The van der Waals surface area contributed by atoms with Crippen molar-refractivity contribution in [3.05, 3.63) is 82.3 Å². The number of thioether (sulfide) groups is 1. The van der Waals surface area contributed by atoms with Crippen LogP contribution in [0, 0.1) is 0 Å². The minimum atomic E-state index is -0.273. The molecule has 39 heavy (non-hydrogen) atoms. The first-order valence-electron chi connectivity index (χ1n) is 12.2. The maximum absolute atomic E-state index is 12.6. The van der Waals surface area contributed by atoms with E-state index in [2.05, 4.69) is 81.7 Å². The molecule has 0 saturated heterocycles. The summed E-state index contributed by atoms with van der Waals surface area (Å²) in [6, 6.07) is 21.5. The molecule has 1 amide bonds. The average molecular weight is 609 g/mol. The summed E-state index contributed by atoms with van der Waals surface area (Å²) in [4.78, 5) is 12.6. The lowest BCUT2D eigenvalue weighted by Crippen LogP contribution is -2.20. The van der Waals surface area contributed by atoms with E-state index in [1.54, 1.807) is 20.4 Å². The van der Waals surface area contributed by atoms with Crippen LogP contribution in [0.3, 0.4) is 0 Å². The molecule has 1 N–H and O–H groups in total. The van der Waals surface area contributed by atoms with Crippen LogP contribution in [0.5, 0.6) is 11.5 Å². The van der Waals surface area contributed by atoms with Crippen molar-refractivity contribution in [3.8, 4) is 28.6 Å². The number of halogens is 1. The molecule has 10 heteroatoms. The van der Waals surface area contributed by atoms with E-state index >= 15 is 0 Å². The third-order valence-electron chi connectivity index (χ3n) is 5.89. The van der Waals surface area contributed by atoms with Crippen LogP contribution in [-0.4, -0.2) is 46.9 Å². The summed E-state index contributed by atoms with van der Waals surface area (Å²) in [5.74, 6) is 1.91. The monoisotopic (exact) mass is 607 g/mol. The second-order valence-electron chi connectivity index (χ2n) is 9.64. The Bertz CT molecular complexity index is 1460. The Balaban J connectivity index is 1.55. The molecule has 0 unspecified atom stereocenters. The van der Waals surface area contributed by atoms with Gasteiger partial charge in [-0.05, 0) is 53.4 Å². The number of nitrogens with zero attached hydrogens (tertiary/aromatic N) is 4. The molecule has 3 aromatic carbocycles. The molecular formula is C29H30BrN5O3S. The maximum atomic E-state index is 12.6. The number of methoxy groups -OCH3 is 2. The summed E-state index contributed by atoms with van der Waals surface area (Å²) in [5, 5.41) is 13.6. The van der Waals surface area contributed by atoms with Crippen molar-refractivity contribution in [1.29, 1.82) is 0 Å². The van der Waals surface area contributed by atoms with Gasteiger partial charge in [0.15, 0.2) is 11.0 Å². The minimum Gasteiger partial charge on any atom is -0.497 e. The summed E-state index contributed by atoms with van der Waals surface area (Å²) in [5.41, 5.74) is 6.37. The molecule has 1 aromatic heterocycles. The van der Waals surface area contributed by atoms with Gasteiger partial charge in [0, 0.05) is 21.3 Å². The molecule has 4 aromatic rings. The van der Waals surface area contributed by atoms with Gasteiger partial charge in [0.2, 0.25) is 0 Å². The van der Waals surface area contributed by atoms with E-state index in [-0.39, 0.29) is 17.1 Å². The highest BCUT2D eigenvalue weighted by Gasteiger charge is 2.19. The molecular weight excluding hydrogens is 578 g/mol. The van der Waals surface area contributed by atoms with Crippen molar-refractivity contribution in [2.24, 2.45) is 5.10 Å². The van der Waals surface area contributed by atoms with E-state index in [0.29, 0.717) is 16.7 Å². The van der Waals surface area contributed by atoms with Crippen LogP contribution in [0.25, 0.3) is 17.1 Å². The van der Waals surface area contributed by atoms with Crippen molar-refractivity contribution in [2.75, 3.05) is 20.0 Å². The van der Waals surface area contributed by atoms with Gasteiger partial charge in [0.25, 0.3) is 5.91 Å². The van der Waals surface area contributed by atoms with Gasteiger partial charge >= 0.3 is 0 Å². The van der Waals surface area contributed by atoms with Gasteiger partial charge in [-0.3, -0.25) is 9.36 Å². The molecule has 0 aliphatic heterocycles. The van der Waals surface area contributed by atoms with E-state index in [1.807, 2.05) is 47.0 Å². The number of carbonyl (C=O) groups is 1. The first-order chi connectivity index (χ1) is 18.7. The van der Waals surface area contributed by atoms with E-state index < -0.39 is 0 Å². The topological polar surface area (TPSA) is 90.6 Å². The third-order valence-corrected chi connectivity index (χ3v) is 7.31. The normalized spacial score (nSPS) is 11.5. The predicted octanol–water partition coefficient (Wildman–Crippen LogP) is 6.25. The summed E-state index contributed by atoms with van der Waals surface area (Å²) in [7, 11) is 3.22. The molecule has 0 atom stereocenters. The van der Waals surface area contributed by atoms with Crippen molar-refractivity contribution in [1.82, 2.24) is 20.2 Å². The van der Waals surface area contributed by atoms with Crippen LogP contribution in [0.2, 0.25) is 0 Å². The Morgan fingerprint density at radius 3 is 2.38 bits per heavy atom. The number of ether oxygens (including phenoxy) is 2. The van der Waals surface area contributed by atoms with Gasteiger partial charge in [-0.15, -0.1) is 10.2 Å². The Morgan fingerprint density at radius 2 is 1.74 bits per heavy atom. The quantitative estimate of drug-likeness (QED) is 0.137. The molecule has 8 nitrogen and oxygen atoms in total.